The molecule has 2 heterocycles. The van der Waals surface area contributed by atoms with Crippen LogP contribution in [-0.2, 0) is 13.1 Å². The van der Waals surface area contributed by atoms with Gasteiger partial charge in [0.05, 0.1) is 0 Å². The van der Waals surface area contributed by atoms with Crippen molar-refractivity contribution in [2.24, 2.45) is 0 Å². The first kappa shape index (κ1) is 21.4. The van der Waals surface area contributed by atoms with Crippen molar-refractivity contribution >= 4 is 16.9 Å². The molecule has 4 rings (SSSR count). The molecule has 5 nitrogen and oxygen atoms in total. The van der Waals surface area contributed by atoms with Crippen molar-refractivity contribution in [2.75, 3.05) is 26.2 Å². The van der Waals surface area contributed by atoms with Gasteiger partial charge in [0.15, 0.2) is 0 Å². The lowest BCUT2D eigenvalue weighted by Crippen LogP contribution is -2.44. The Morgan fingerprint density at radius 1 is 1.03 bits per heavy atom. The van der Waals surface area contributed by atoms with E-state index in [0.717, 1.165) is 45.6 Å². The number of hydrogen-bond donors (Lipinski definition) is 2. The smallest absolute Gasteiger partial charge is 0.317 e. The second kappa shape index (κ2) is 10.0. The van der Waals surface area contributed by atoms with Crippen LogP contribution in [-0.4, -0.2) is 47.0 Å². The van der Waals surface area contributed by atoms with E-state index in [1.165, 1.54) is 27.6 Å². The van der Waals surface area contributed by atoms with E-state index in [1.807, 2.05) is 4.90 Å². The van der Waals surface area contributed by atoms with Gasteiger partial charge in [0.25, 0.3) is 0 Å². The van der Waals surface area contributed by atoms with Crippen LogP contribution in [0.15, 0.2) is 54.7 Å². The number of piperidine rings is 1. The number of aromatic amines is 1. The lowest BCUT2D eigenvalue weighted by Gasteiger charge is -2.32. The number of benzene rings is 2. The standard InChI is InChI=1S/C26H34N4O/c1-3-29(4-2)19-22-10-6-5-9-21(22)17-28-26(31)30-15-13-20(14-16-30)24-18-27-25-12-8-7-11-23(24)25/h5-12,18,20,27H,3-4,13-17,19H2,1-2H3,(H,28,31). The summed E-state index contributed by atoms with van der Waals surface area (Å²) < 4.78 is 0. The fourth-order valence-electron chi connectivity index (χ4n) is 4.68. The maximum atomic E-state index is 12.8. The van der Waals surface area contributed by atoms with Crippen LogP contribution in [0.3, 0.4) is 0 Å². The molecular formula is C26H34N4O. The van der Waals surface area contributed by atoms with Crippen LogP contribution in [0, 0.1) is 0 Å². The Balaban J connectivity index is 1.32. The number of fused-ring (bicyclic) bond motifs is 1. The predicted octanol–water partition coefficient (Wildman–Crippen LogP) is 5.10. The van der Waals surface area contributed by atoms with Crippen molar-refractivity contribution < 1.29 is 4.79 Å². The molecule has 1 fully saturated rings. The Morgan fingerprint density at radius 3 is 2.45 bits per heavy atom. The van der Waals surface area contributed by atoms with Crippen molar-refractivity contribution in [1.82, 2.24) is 20.1 Å². The molecule has 164 valence electrons. The highest BCUT2D eigenvalue weighted by Crippen LogP contribution is 2.33. The molecule has 5 heteroatoms. The topological polar surface area (TPSA) is 51.4 Å². The highest BCUT2D eigenvalue weighted by atomic mass is 16.2. The molecule has 2 amide bonds. The van der Waals surface area contributed by atoms with E-state index in [2.05, 4.69) is 83.8 Å². The molecule has 0 spiro atoms. The summed E-state index contributed by atoms with van der Waals surface area (Å²) in [4.78, 5) is 20.6. The number of H-pyrrole nitrogens is 1. The van der Waals surface area contributed by atoms with E-state index in [1.54, 1.807) is 0 Å². The van der Waals surface area contributed by atoms with Crippen LogP contribution in [0.25, 0.3) is 10.9 Å². The largest absolute Gasteiger partial charge is 0.361 e. The van der Waals surface area contributed by atoms with Crippen molar-refractivity contribution in [2.45, 2.75) is 45.7 Å². The average molecular weight is 419 g/mol. The highest BCUT2D eigenvalue weighted by molar-refractivity contribution is 5.83. The molecule has 0 aliphatic carbocycles. The van der Waals surface area contributed by atoms with Gasteiger partial charge in [-0.05, 0) is 54.6 Å². The number of carbonyl (C=O) groups excluding carboxylic acids is 1. The Kier molecular flexibility index (Phi) is 6.92. The third-order valence-electron chi connectivity index (χ3n) is 6.68. The number of aromatic nitrogens is 1. The zero-order valence-electron chi connectivity index (χ0n) is 18.7. The lowest BCUT2D eigenvalue weighted by molar-refractivity contribution is 0.181. The molecule has 1 aromatic heterocycles. The quantitative estimate of drug-likeness (QED) is 0.561. The fraction of sp³-hybridized carbons (Fsp3) is 0.423. The van der Waals surface area contributed by atoms with E-state index < -0.39 is 0 Å². The third-order valence-corrected chi connectivity index (χ3v) is 6.68. The van der Waals surface area contributed by atoms with Gasteiger partial charge >= 0.3 is 6.03 Å². The summed E-state index contributed by atoms with van der Waals surface area (Å²) in [6.07, 6.45) is 4.17. The molecule has 31 heavy (non-hydrogen) atoms. The second-order valence-corrected chi connectivity index (χ2v) is 8.44. The maximum Gasteiger partial charge on any atom is 0.317 e. The van der Waals surface area contributed by atoms with Gasteiger partial charge in [-0.15, -0.1) is 0 Å². The monoisotopic (exact) mass is 418 g/mol. The zero-order chi connectivity index (χ0) is 21.6. The van der Waals surface area contributed by atoms with Crippen molar-refractivity contribution in [3.8, 4) is 0 Å². The summed E-state index contributed by atoms with van der Waals surface area (Å²) in [6.45, 7) is 9.55. The number of hydrogen-bond acceptors (Lipinski definition) is 2. The van der Waals surface area contributed by atoms with Crippen molar-refractivity contribution in [1.29, 1.82) is 0 Å². The van der Waals surface area contributed by atoms with E-state index in [0.29, 0.717) is 12.5 Å². The summed E-state index contributed by atoms with van der Waals surface area (Å²) in [5.41, 5.74) is 5.09. The molecule has 0 saturated carbocycles. The lowest BCUT2D eigenvalue weighted by atomic mass is 9.89. The van der Waals surface area contributed by atoms with Crippen molar-refractivity contribution in [3.05, 3.63) is 71.4 Å². The maximum absolute atomic E-state index is 12.8. The van der Waals surface area contributed by atoms with Gasteiger partial charge in [-0.25, -0.2) is 4.79 Å². The SMILES string of the molecule is CCN(CC)Cc1ccccc1CNC(=O)N1CCC(c2c[nH]c3ccccc23)CC1. The minimum absolute atomic E-state index is 0.0509. The molecule has 0 atom stereocenters. The van der Waals surface area contributed by atoms with Crippen LogP contribution in [0.1, 0.15) is 49.3 Å². The molecule has 1 aliphatic rings. The molecule has 0 unspecified atom stereocenters. The minimum Gasteiger partial charge on any atom is -0.361 e. The number of nitrogens with zero attached hydrogens (tertiary/aromatic N) is 2. The summed E-state index contributed by atoms with van der Waals surface area (Å²) in [5.74, 6) is 0.509. The van der Waals surface area contributed by atoms with E-state index in [-0.39, 0.29) is 6.03 Å². The molecule has 2 N–H and O–H groups in total. The zero-order valence-corrected chi connectivity index (χ0v) is 18.7. The van der Waals surface area contributed by atoms with Crippen LogP contribution in [0.5, 0.6) is 0 Å². The van der Waals surface area contributed by atoms with Gasteiger partial charge in [0.2, 0.25) is 0 Å². The third kappa shape index (κ3) is 4.93. The number of carbonyl (C=O) groups is 1. The predicted molar refractivity (Wildman–Crippen MR) is 127 cm³/mol. The van der Waals surface area contributed by atoms with Crippen LogP contribution >= 0.6 is 0 Å². The Hall–Kier alpha value is -2.79. The van der Waals surface area contributed by atoms with Gasteiger partial charge in [0.1, 0.15) is 0 Å². The average Bonchev–Trinajstić information content (AvgIpc) is 3.26. The summed E-state index contributed by atoms with van der Waals surface area (Å²) in [7, 11) is 0. The van der Waals surface area contributed by atoms with Gasteiger partial charge in [0, 0.05) is 43.3 Å². The number of urea groups is 1. The molecule has 1 aliphatic heterocycles. The minimum atomic E-state index is 0.0509. The van der Waals surface area contributed by atoms with Crippen LogP contribution < -0.4 is 5.32 Å². The highest BCUT2D eigenvalue weighted by Gasteiger charge is 2.25. The number of likely N-dealkylation sites (tertiary alicyclic amines) is 1. The first-order chi connectivity index (χ1) is 15.2. The number of nitrogens with one attached hydrogen (secondary N) is 2. The fourth-order valence-corrected chi connectivity index (χ4v) is 4.68. The van der Waals surface area contributed by atoms with Gasteiger partial charge in [-0.2, -0.15) is 0 Å². The van der Waals surface area contributed by atoms with Crippen LogP contribution in [0.2, 0.25) is 0 Å². The Morgan fingerprint density at radius 2 is 1.71 bits per heavy atom. The Labute approximate surface area is 185 Å². The first-order valence-corrected chi connectivity index (χ1v) is 11.6. The molecule has 0 bridgehead atoms. The van der Waals surface area contributed by atoms with Gasteiger partial charge in [-0.3, -0.25) is 4.90 Å². The molecule has 1 saturated heterocycles. The Bertz CT molecular complexity index is 999. The van der Waals surface area contributed by atoms with Gasteiger partial charge < -0.3 is 15.2 Å². The second-order valence-electron chi connectivity index (χ2n) is 8.44. The number of para-hydroxylation sites is 1. The number of amides is 2. The van der Waals surface area contributed by atoms with E-state index in [4.69, 9.17) is 0 Å². The molecular weight excluding hydrogens is 384 g/mol. The van der Waals surface area contributed by atoms with Crippen molar-refractivity contribution in [3.63, 3.8) is 0 Å². The van der Waals surface area contributed by atoms with E-state index >= 15 is 0 Å². The van der Waals surface area contributed by atoms with Crippen LogP contribution in [0.4, 0.5) is 4.79 Å². The summed E-state index contributed by atoms with van der Waals surface area (Å²) in [5, 5.41) is 4.47. The number of rotatable bonds is 7. The molecule has 3 aromatic rings. The normalized spacial score (nSPS) is 15.0. The summed E-state index contributed by atoms with van der Waals surface area (Å²) in [6, 6.07) is 17.0. The summed E-state index contributed by atoms with van der Waals surface area (Å²) >= 11 is 0. The molecule has 2 aromatic carbocycles. The van der Waals surface area contributed by atoms with Gasteiger partial charge in [-0.1, -0.05) is 56.3 Å². The molecule has 0 radical (unpaired) electrons. The first-order valence-electron chi connectivity index (χ1n) is 11.6. The van der Waals surface area contributed by atoms with E-state index in [9.17, 15) is 4.79 Å².